The van der Waals surface area contributed by atoms with Crippen molar-refractivity contribution in [2.75, 3.05) is 6.67 Å². The summed E-state index contributed by atoms with van der Waals surface area (Å²) in [6.45, 7) is -0.241. The van der Waals surface area contributed by atoms with Gasteiger partial charge < -0.3 is 0 Å². The molecule has 2 aliphatic carbocycles. The zero-order valence-electron chi connectivity index (χ0n) is 16.9. The van der Waals surface area contributed by atoms with Gasteiger partial charge in [-0.3, -0.25) is 4.39 Å². The lowest BCUT2D eigenvalue weighted by molar-refractivity contribution is 0.152. The molecule has 0 aliphatic heterocycles. The standard InChI is InChI=1S/C25H33F2N/c26-16-2-1-3-19-6-11-22(12-7-19)23-13-8-20(9-14-23)4-5-21-10-15-24(18-28)25(27)17-21/h1,3,10,15,17,19-20,22-23H,2,4-9,11-14,16H2. The molecule has 0 unspecified atom stereocenters. The number of hydrogen-bond acceptors (Lipinski definition) is 1. The molecule has 0 amide bonds. The Kier molecular flexibility index (Phi) is 8.07. The van der Waals surface area contributed by atoms with E-state index in [-0.39, 0.29) is 18.1 Å². The first-order valence-electron chi connectivity index (χ1n) is 11.1. The SMILES string of the molecule is N#Cc1ccc(CCC2CCC(C3CCC(C=CCCF)CC3)CC2)cc1F. The molecule has 0 spiro atoms. The lowest BCUT2D eigenvalue weighted by Crippen LogP contribution is -2.25. The molecule has 0 N–H and O–H groups in total. The van der Waals surface area contributed by atoms with Gasteiger partial charge >= 0.3 is 0 Å². The zero-order chi connectivity index (χ0) is 19.8. The molecule has 0 atom stereocenters. The van der Waals surface area contributed by atoms with E-state index in [1.807, 2.05) is 18.2 Å². The summed E-state index contributed by atoms with van der Waals surface area (Å²) in [7, 11) is 0. The Bertz CT molecular complexity index is 674. The summed E-state index contributed by atoms with van der Waals surface area (Å²) < 4.78 is 25.9. The maximum absolute atomic E-state index is 13.7. The molecule has 3 rings (SSSR count). The van der Waals surface area contributed by atoms with Gasteiger partial charge in [0.1, 0.15) is 11.9 Å². The lowest BCUT2D eigenvalue weighted by atomic mass is 9.68. The van der Waals surface area contributed by atoms with Crippen molar-refractivity contribution >= 4 is 0 Å². The van der Waals surface area contributed by atoms with Crippen molar-refractivity contribution in [2.45, 2.75) is 70.6 Å². The van der Waals surface area contributed by atoms with Crippen LogP contribution in [0.3, 0.4) is 0 Å². The van der Waals surface area contributed by atoms with E-state index in [0.717, 1.165) is 36.2 Å². The van der Waals surface area contributed by atoms with Crippen molar-refractivity contribution in [3.63, 3.8) is 0 Å². The predicted molar refractivity (Wildman–Crippen MR) is 110 cm³/mol. The number of hydrogen-bond donors (Lipinski definition) is 0. The second-order valence-corrected chi connectivity index (χ2v) is 8.83. The van der Waals surface area contributed by atoms with E-state index in [1.54, 1.807) is 6.07 Å². The quantitative estimate of drug-likeness (QED) is 0.457. The van der Waals surface area contributed by atoms with Crippen LogP contribution < -0.4 is 0 Å². The summed E-state index contributed by atoms with van der Waals surface area (Å²) in [6, 6.07) is 6.92. The van der Waals surface area contributed by atoms with Crippen LogP contribution >= 0.6 is 0 Å². The van der Waals surface area contributed by atoms with Crippen LogP contribution in [-0.2, 0) is 6.42 Å². The Balaban J connectivity index is 1.37. The second kappa shape index (κ2) is 10.7. The Morgan fingerprint density at radius 3 is 2.29 bits per heavy atom. The largest absolute Gasteiger partial charge is 0.251 e. The van der Waals surface area contributed by atoms with Crippen molar-refractivity contribution in [1.82, 2.24) is 0 Å². The van der Waals surface area contributed by atoms with Crippen molar-refractivity contribution in [2.24, 2.45) is 23.7 Å². The summed E-state index contributed by atoms with van der Waals surface area (Å²) >= 11 is 0. The molecule has 1 aromatic rings. The number of rotatable bonds is 7. The van der Waals surface area contributed by atoms with Crippen LogP contribution in [0.15, 0.2) is 30.4 Å². The summed E-state index contributed by atoms with van der Waals surface area (Å²) in [5.41, 5.74) is 1.15. The molecule has 152 valence electrons. The van der Waals surface area contributed by atoms with Gasteiger partial charge in [-0.25, -0.2) is 4.39 Å². The molecule has 2 fully saturated rings. The first kappa shape index (κ1) is 21.0. The van der Waals surface area contributed by atoms with Gasteiger partial charge in [-0.05, 0) is 99.2 Å². The summed E-state index contributed by atoms with van der Waals surface area (Å²) in [5, 5.41) is 8.83. The molecule has 2 aliphatic rings. The van der Waals surface area contributed by atoms with E-state index in [2.05, 4.69) is 6.08 Å². The smallest absolute Gasteiger partial charge is 0.141 e. The van der Waals surface area contributed by atoms with E-state index in [4.69, 9.17) is 5.26 Å². The molecule has 0 bridgehead atoms. The normalized spacial score (nSPS) is 28.3. The molecule has 2 saturated carbocycles. The van der Waals surface area contributed by atoms with E-state index in [9.17, 15) is 8.78 Å². The Morgan fingerprint density at radius 2 is 1.68 bits per heavy atom. The topological polar surface area (TPSA) is 23.8 Å². The third kappa shape index (κ3) is 5.90. The first-order valence-corrected chi connectivity index (χ1v) is 11.1. The number of halogens is 2. The Morgan fingerprint density at radius 1 is 1.00 bits per heavy atom. The van der Waals surface area contributed by atoms with Crippen LogP contribution in [-0.4, -0.2) is 6.67 Å². The monoisotopic (exact) mass is 385 g/mol. The molecular formula is C25H33F2N. The molecule has 3 heteroatoms. The van der Waals surface area contributed by atoms with Gasteiger partial charge in [-0.2, -0.15) is 5.26 Å². The molecule has 0 heterocycles. The molecule has 1 aromatic carbocycles. The van der Waals surface area contributed by atoms with E-state index < -0.39 is 0 Å². The molecule has 0 aromatic heterocycles. The van der Waals surface area contributed by atoms with Gasteiger partial charge in [0, 0.05) is 0 Å². The Labute approximate surface area is 168 Å². The number of benzene rings is 1. The third-order valence-electron chi connectivity index (χ3n) is 7.05. The average Bonchev–Trinajstić information content (AvgIpc) is 2.73. The van der Waals surface area contributed by atoms with Crippen LogP contribution in [0.4, 0.5) is 8.78 Å². The average molecular weight is 386 g/mol. The number of alkyl halides is 1. The van der Waals surface area contributed by atoms with Crippen LogP contribution in [0.2, 0.25) is 0 Å². The van der Waals surface area contributed by atoms with Gasteiger partial charge in [0.2, 0.25) is 0 Å². The van der Waals surface area contributed by atoms with E-state index >= 15 is 0 Å². The summed E-state index contributed by atoms with van der Waals surface area (Å²) in [4.78, 5) is 0. The second-order valence-electron chi connectivity index (χ2n) is 8.83. The van der Waals surface area contributed by atoms with Gasteiger partial charge in [0.25, 0.3) is 0 Å². The van der Waals surface area contributed by atoms with Crippen molar-refractivity contribution < 1.29 is 8.78 Å². The molecule has 28 heavy (non-hydrogen) atoms. The minimum absolute atomic E-state index is 0.136. The van der Waals surface area contributed by atoms with Crippen molar-refractivity contribution in [3.05, 3.63) is 47.3 Å². The number of allylic oxidation sites excluding steroid dienone is 2. The van der Waals surface area contributed by atoms with Crippen molar-refractivity contribution in [1.29, 1.82) is 5.26 Å². The molecule has 0 saturated heterocycles. The van der Waals surface area contributed by atoms with Gasteiger partial charge in [0.05, 0.1) is 12.2 Å². The number of nitrogens with zero attached hydrogens (tertiary/aromatic N) is 1. The maximum atomic E-state index is 13.7. The highest BCUT2D eigenvalue weighted by molar-refractivity contribution is 5.33. The molecule has 1 nitrogen and oxygen atoms in total. The van der Waals surface area contributed by atoms with Gasteiger partial charge in [-0.1, -0.05) is 31.1 Å². The number of aryl methyl sites for hydroxylation is 1. The van der Waals surface area contributed by atoms with E-state index in [0.29, 0.717) is 12.3 Å². The van der Waals surface area contributed by atoms with Crippen LogP contribution in [0.1, 0.15) is 75.3 Å². The third-order valence-corrected chi connectivity index (χ3v) is 7.05. The minimum Gasteiger partial charge on any atom is -0.251 e. The van der Waals surface area contributed by atoms with Crippen molar-refractivity contribution in [3.8, 4) is 6.07 Å². The number of nitriles is 1. The highest BCUT2D eigenvalue weighted by Gasteiger charge is 2.30. The highest BCUT2D eigenvalue weighted by atomic mass is 19.1. The molecular weight excluding hydrogens is 352 g/mol. The van der Waals surface area contributed by atoms with Gasteiger partial charge in [-0.15, -0.1) is 0 Å². The minimum atomic E-state index is -0.390. The van der Waals surface area contributed by atoms with Gasteiger partial charge in [0.15, 0.2) is 0 Å². The van der Waals surface area contributed by atoms with E-state index in [1.165, 1.54) is 57.4 Å². The lowest BCUT2D eigenvalue weighted by Gasteiger charge is -2.37. The van der Waals surface area contributed by atoms with Crippen LogP contribution in [0.25, 0.3) is 0 Å². The summed E-state index contributed by atoms with van der Waals surface area (Å²) in [6.07, 6.45) is 17.4. The fourth-order valence-electron chi connectivity index (χ4n) is 5.28. The molecule has 0 radical (unpaired) electrons. The fourth-order valence-corrected chi connectivity index (χ4v) is 5.28. The van der Waals surface area contributed by atoms with Crippen LogP contribution in [0.5, 0.6) is 0 Å². The fraction of sp³-hybridized carbons (Fsp3) is 0.640. The van der Waals surface area contributed by atoms with Crippen LogP contribution in [0, 0.1) is 40.8 Å². The first-order chi connectivity index (χ1) is 13.7. The zero-order valence-corrected chi connectivity index (χ0v) is 16.9. The predicted octanol–water partition coefficient (Wildman–Crippen LogP) is 7.16. The summed E-state index contributed by atoms with van der Waals surface area (Å²) in [5.74, 6) is 2.82. The highest BCUT2D eigenvalue weighted by Crippen LogP contribution is 2.42. The Hall–Kier alpha value is -1.69. The maximum Gasteiger partial charge on any atom is 0.141 e.